The number of aryl methyl sites for hydroxylation is 1. The quantitative estimate of drug-likeness (QED) is 0.710. The molecule has 2 atom stereocenters. The van der Waals surface area contributed by atoms with Crippen LogP contribution < -0.4 is 5.32 Å². The Kier molecular flexibility index (Phi) is 3.75. The second-order valence-electron chi connectivity index (χ2n) is 4.35. The Morgan fingerprint density at radius 1 is 1.65 bits per heavy atom. The van der Waals surface area contributed by atoms with Crippen molar-refractivity contribution in [2.24, 2.45) is 0 Å². The minimum Gasteiger partial charge on any atom is -0.390 e. The molecular weight excluding hydrogens is 220 g/mol. The van der Waals surface area contributed by atoms with Gasteiger partial charge in [-0.05, 0) is 0 Å². The lowest BCUT2D eigenvalue weighted by Gasteiger charge is -2.26. The lowest BCUT2D eigenvalue weighted by molar-refractivity contribution is -0.133. The third-order valence-corrected chi connectivity index (χ3v) is 3.19. The van der Waals surface area contributed by atoms with Crippen LogP contribution in [0.5, 0.6) is 0 Å². The zero-order chi connectivity index (χ0) is 12.3. The number of hydrogen-bond donors (Lipinski definition) is 2. The Morgan fingerprint density at radius 3 is 3.06 bits per heavy atom. The molecule has 2 N–H and O–H groups in total. The maximum atomic E-state index is 11.9. The van der Waals surface area contributed by atoms with Gasteiger partial charge in [-0.2, -0.15) is 0 Å². The second-order valence-corrected chi connectivity index (χ2v) is 4.35. The number of nitrogens with one attached hydrogen (secondary N) is 1. The van der Waals surface area contributed by atoms with Crippen LogP contribution in [0.15, 0.2) is 18.7 Å². The van der Waals surface area contributed by atoms with E-state index in [0.717, 1.165) is 0 Å². The van der Waals surface area contributed by atoms with Crippen LogP contribution in [0.25, 0.3) is 0 Å². The van der Waals surface area contributed by atoms with E-state index in [0.29, 0.717) is 26.1 Å². The third-order valence-electron chi connectivity index (χ3n) is 3.19. The van der Waals surface area contributed by atoms with E-state index < -0.39 is 6.10 Å². The van der Waals surface area contributed by atoms with Crippen molar-refractivity contribution in [2.75, 3.05) is 20.1 Å². The van der Waals surface area contributed by atoms with E-state index in [-0.39, 0.29) is 11.9 Å². The second kappa shape index (κ2) is 5.29. The summed E-state index contributed by atoms with van der Waals surface area (Å²) in [6, 6.07) is -0.106. The molecule has 2 rings (SSSR count). The molecule has 0 aliphatic carbocycles. The standard InChI is InChI=1S/C11H18N4O2/c1-14(9-6-13-7-10(9)16)11(17)2-4-15-5-3-12-8-15/h3,5,8-10,13,16H,2,4,6-7H2,1H3/t9-,10-/m0/s1. The number of aliphatic hydroxyl groups is 1. The minimum absolute atomic E-state index is 0.0476. The molecule has 0 radical (unpaired) electrons. The third kappa shape index (κ3) is 2.83. The first-order valence-electron chi connectivity index (χ1n) is 5.78. The molecule has 94 valence electrons. The number of β-amino-alcohol motifs (C(OH)–C–C–N with tert-alkyl or cyclic N) is 1. The summed E-state index contributed by atoms with van der Waals surface area (Å²) in [4.78, 5) is 17.5. The van der Waals surface area contributed by atoms with Crippen molar-refractivity contribution in [3.8, 4) is 0 Å². The normalized spacial score (nSPS) is 23.9. The van der Waals surface area contributed by atoms with Crippen LogP contribution in [0, 0.1) is 0 Å². The first kappa shape index (κ1) is 12.1. The summed E-state index contributed by atoms with van der Waals surface area (Å²) < 4.78 is 1.87. The van der Waals surface area contributed by atoms with E-state index in [1.807, 2.05) is 10.8 Å². The number of rotatable bonds is 4. The number of aromatic nitrogens is 2. The maximum absolute atomic E-state index is 11.9. The molecule has 1 fully saturated rings. The van der Waals surface area contributed by atoms with Gasteiger partial charge < -0.3 is 19.9 Å². The average molecular weight is 238 g/mol. The summed E-state index contributed by atoms with van der Waals surface area (Å²) in [5.74, 6) is 0.0476. The molecule has 6 nitrogen and oxygen atoms in total. The molecular formula is C11H18N4O2. The van der Waals surface area contributed by atoms with E-state index >= 15 is 0 Å². The zero-order valence-corrected chi connectivity index (χ0v) is 9.91. The Hall–Kier alpha value is -1.40. The number of aliphatic hydroxyl groups excluding tert-OH is 1. The molecule has 0 spiro atoms. The lowest BCUT2D eigenvalue weighted by Crippen LogP contribution is -2.44. The predicted molar refractivity (Wildman–Crippen MR) is 62.3 cm³/mol. The molecule has 6 heteroatoms. The van der Waals surface area contributed by atoms with Crippen molar-refractivity contribution in [3.63, 3.8) is 0 Å². The Labute approximate surface area is 100 Å². The van der Waals surface area contributed by atoms with Gasteiger partial charge in [0, 0.05) is 45.5 Å². The molecule has 0 saturated carbocycles. The molecule has 1 aromatic rings. The summed E-state index contributed by atoms with van der Waals surface area (Å²) in [7, 11) is 1.75. The topological polar surface area (TPSA) is 70.4 Å². The number of hydrogen-bond acceptors (Lipinski definition) is 4. The lowest BCUT2D eigenvalue weighted by atomic mass is 10.2. The van der Waals surface area contributed by atoms with Gasteiger partial charge in [0.05, 0.1) is 18.5 Å². The van der Waals surface area contributed by atoms with Gasteiger partial charge in [-0.3, -0.25) is 4.79 Å². The van der Waals surface area contributed by atoms with Gasteiger partial charge in [0.15, 0.2) is 0 Å². The zero-order valence-electron chi connectivity index (χ0n) is 9.91. The van der Waals surface area contributed by atoms with Crippen molar-refractivity contribution in [2.45, 2.75) is 25.1 Å². The van der Waals surface area contributed by atoms with Crippen LogP contribution in [-0.4, -0.2) is 57.7 Å². The fourth-order valence-electron chi connectivity index (χ4n) is 2.05. The molecule has 2 heterocycles. The van der Waals surface area contributed by atoms with Crippen molar-refractivity contribution in [1.82, 2.24) is 19.8 Å². The van der Waals surface area contributed by atoms with Crippen molar-refractivity contribution in [3.05, 3.63) is 18.7 Å². The van der Waals surface area contributed by atoms with E-state index in [1.54, 1.807) is 24.5 Å². The number of likely N-dealkylation sites (N-methyl/N-ethyl adjacent to an activating group) is 1. The Balaban J connectivity index is 1.83. The van der Waals surface area contributed by atoms with Crippen molar-refractivity contribution < 1.29 is 9.90 Å². The van der Waals surface area contributed by atoms with Gasteiger partial charge in [0.1, 0.15) is 0 Å². The van der Waals surface area contributed by atoms with Gasteiger partial charge in [0.2, 0.25) is 5.91 Å². The number of nitrogens with zero attached hydrogens (tertiary/aromatic N) is 3. The highest BCUT2D eigenvalue weighted by molar-refractivity contribution is 5.76. The predicted octanol–water partition coefficient (Wildman–Crippen LogP) is -0.936. The van der Waals surface area contributed by atoms with E-state index in [9.17, 15) is 9.90 Å². The van der Waals surface area contributed by atoms with Gasteiger partial charge >= 0.3 is 0 Å². The van der Waals surface area contributed by atoms with Crippen LogP contribution in [0.4, 0.5) is 0 Å². The summed E-state index contributed by atoms with van der Waals surface area (Å²) in [5.41, 5.74) is 0. The van der Waals surface area contributed by atoms with Gasteiger partial charge in [-0.25, -0.2) is 4.98 Å². The highest BCUT2D eigenvalue weighted by Crippen LogP contribution is 2.09. The molecule has 1 aliphatic heterocycles. The molecule has 1 saturated heterocycles. The van der Waals surface area contributed by atoms with Crippen LogP contribution in [0.1, 0.15) is 6.42 Å². The van der Waals surface area contributed by atoms with Gasteiger partial charge in [0.25, 0.3) is 0 Å². The Bertz CT molecular complexity index is 366. The SMILES string of the molecule is CN(C(=O)CCn1ccnc1)[C@H]1CNC[C@@H]1O. The maximum Gasteiger partial charge on any atom is 0.224 e. The van der Waals surface area contributed by atoms with Crippen LogP contribution >= 0.6 is 0 Å². The fraction of sp³-hybridized carbons (Fsp3) is 0.636. The summed E-state index contributed by atoms with van der Waals surface area (Å²) in [6.45, 7) is 1.84. The average Bonchev–Trinajstić information content (AvgIpc) is 2.95. The summed E-state index contributed by atoms with van der Waals surface area (Å²) >= 11 is 0. The van der Waals surface area contributed by atoms with E-state index in [1.165, 1.54) is 0 Å². The van der Waals surface area contributed by atoms with E-state index in [2.05, 4.69) is 10.3 Å². The molecule has 0 bridgehead atoms. The first-order valence-corrected chi connectivity index (χ1v) is 5.78. The first-order chi connectivity index (χ1) is 8.18. The number of imidazole rings is 1. The smallest absolute Gasteiger partial charge is 0.224 e. The molecule has 0 unspecified atom stereocenters. The van der Waals surface area contributed by atoms with Crippen LogP contribution in [0.2, 0.25) is 0 Å². The number of carbonyl (C=O) groups excluding carboxylic acids is 1. The molecule has 1 aliphatic rings. The molecule has 17 heavy (non-hydrogen) atoms. The van der Waals surface area contributed by atoms with E-state index in [4.69, 9.17) is 0 Å². The highest BCUT2D eigenvalue weighted by atomic mass is 16.3. The van der Waals surface area contributed by atoms with Gasteiger partial charge in [-0.15, -0.1) is 0 Å². The highest BCUT2D eigenvalue weighted by Gasteiger charge is 2.30. The van der Waals surface area contributed by atoms with Crippen LogP contribution in [-0.2, 0) is 11.3 Å². The monoisotopic (exact) mass is 238 g/mol. The largest absolute Gasteiger partial charge is 0.390 e. The van der Waals surface area contributed by atoms with Gasteiger partial charge in [-0.1, -0.05) is 0 Å². The summed E-state index contributed by atoms with van der Waals surface area (Å²) in [5, 5.41) is 12.8. The van der Waals surface area contributed by atoms with Crippen molar-refractivity contribution in [1.29, 1.82) is 0 Å². The summed E-state index contributed by atoms with van der Waals surface area (Å²) in [6.07, 6.45) is 5.19. The minimum atomic E-state index is -0.461. The molecule has 1 aromatic heterocycles. The molecule has 0 aromatic carbocycles. The Morgan fingerprint density at radius 2 is 2.47 bits per heavy atom. The fourth-order valence-corrected chi connectivity index (χ4v) is 2.05. The number of carbonyl (C=O) groups is 1. The van der Waals surface area contributed by atoms with Crippen molar-refractivity contribution >= 4 is 5.91 Å². The molecule has 1 amide bonds. The van der Waals surface area contributed by atoms with Crippen LogP contribution in [0.3, 0.4) is 0 Å². The number of amides is 1.